The summed E-state index contributed by atoms with van der Waals surface area (Å²) in [5.41, 5.74) is 2.16. The molecule has 0 aliphatic rings. The summed E-state index contributed by atoms with van der Waals surface area (Å²) in [6, 6.07) is 21.0. The van der Waals surface area contributed by atoms with E-state index in [0.29, 0.717) is 12.1 Å². The number of hydrogen-bond acceptors (Lipinski definition) is 5. The van der Waals surface area contributed by atoms with Gasteiger partial charge in [0.05, 0.1) is 6.54 Å². The number of aliphatic carboxylic acids is 1. The maximum atomic E-state index is 11.9. The van der Waals surface area contributed by atoms with Crippen LogP contribution in [-0.2, 0) is 4.79 Å². The minimum absolute atomic E-state index is 0.253. The third-order valence-corrected chi connectivity index (χ3v) is 4.09. The van der Waals surface area contributed by atoms with Crippen LogP contribution in [0.1, 0.15) is 16.1 Å². The van der Waals surface area contributed by atoms with E-state index in [4.69, 9.17) is 5.11 Å². The first kappa shape index (κ1) is 20.4. The number of aromatic nitrogens is 1. The molecule has 0 aliphatic heterocycles. The molecule has 0 atom stereocenters. The number of carboxylic acid groups (broad SMARTS) is 1. The highest BCUT2D eigenvalue weighted by Gasteiger charge is 2.14. The Labute approximate surface area is 173 Å². The number of hydrogen-bond donors (Lipinski definition) is 3. The fraction of sp³-hybridized carbons (Fsp3) is 0.0870. The van der Waals surface area contributed by atoms with Crippen molar-refractivity contribution in [3.8, 4) is 17.6 Å². The molecule has 1 aromatic heterocycles. The van der Waals surface area contributed by atoms with Crippen molar-refractivity contribution in [1.82, 2.24) is 10.3 Å². The Kier molecular flexibility index (Phi) is 6.64. The maximum Gasteiger partial charge on any atom is 0.322 e. The number of carbonyl (C=O) groups excluding carboxylic acids is 1. The second-order valence-electron chi connectivity index (χ2n) is 6.23. The summed E-state index contributed by atoms with van der Waals surface area (Å²) in [6.07, 6.45) is 1.36. The molecule has 2 aromatic carbocycles. The Balaban J connectivity index is 1.76. The van der Waals surface area contributed by atoms with Crippen molar-refractivity contribution in [1.29, 1.82) is 0 Å². The normalized spacial score (nSPS) is 9.87. The first-order valence-electron chi connectivity index (χ1n) is 9.10. The van der Waals surface area contributed by atoms with Gasteiger partial charge in [-0.05, 0) is 30.3 Å². The summed E-state index contributed by atoms with van der Waals surface area (Å²) >= 11 is 0. The van der Waals surface area contributed by atoms with Gasteiger partial charge in [0.2, 0.25) is 0 Å². The van der Waals surface area contributed by atoms with Crippen molar-refractivity contribution < 1.29 is 19.8 Å². The number of nitrogens with zero attached hydrogens (tertiary/aromatic N) is 2. The molecule has 0 radical (unpaired) electrons. The summed E-state index contributed by atoms with van der Waals surface area (Å²) in [7, 11) is 0. The second-order valence-corrected chi connectivity index (χ2v) is 6.23. The summed E-state index contributed by atoms with van der Waals surface area (Å²) < 4.78 is 0. The zero-order chi connectivity index (χ0) is 21.3. The number of carbonyl (C=O) groups is 2. The molecule has 1 heterocycles. The Hall–Kier alpha value is -4.31. The summed E-state index contributed by atoms with van der Waals surface area (Å²) in [5.74, 6) is 3.67. The molecule has 7 nitrogen and oxygen atoms in total. The lowest BCUT2D eigenvalue weighted by Gasteiger charge is -2.22. The van der Waals surface area contributed by atoms with Gasteiger partial charge in [-0.25, -0.2) is 4.98 Å². The number of anilines is 2. The van der Waals surface area contributed by atoms with Crippen LogP contribution in [-0.4, -0.2) is 40.2 Å². The van der Waals surface area contributed by atoms with Crippen LogP contribution >= 0.6 is 0 Å². The summed E-state index contributed by atoms with van der Waals surface area (Å²) in [6.45, 7) is -0.161. The third kappa shape index (κ3) is 5.36. The molecular weight excluding hydrogens is 382 g/mol. The van der Waals surface area contributed by atoms with Crippen molar-refractivity contribution >= 4 is 23.3 Å². The predicted molar refractivity (Wildman–Crippen MR) is 113 cm³/mol. The molecule has 1 amide bonds. The SMILES string of the molecule is O=C(O)CNC(=O)c1ncc(C#CCN(c2ccccc2)c2ccccc2)cc1O. The van der Waals surface area contributed by atoms with Crippen LogP contribution in [0.4, 0.5) is 11.4 Å². The lowest BCUT2D eigenvalue weighted by Crippen LogP contribution is -2.29. The number of benzene rings is 2. The standard InChI is InChI=1S/C23H19N3O4/c27-20-14-17(15-24-22(20)23(30)25-16-21(28)29)8-7-13-26(18-9-3-1-4-10-18)19-11-5-2-6-12-19/h1-6,9-12,14-15,27H,13,16H2,(H,25,30)(H,28,29). The fourth-order valence-electron chi connectivity index (χ4n) is 2.70. The average molecular weight is 401 g/mol. The first-order valence-corrected chi connectivity index (χ1v) is 9.10. The molecular formula is C23H19N3O4. The van der Waals surface area contributed by atoms with Crippen LogP contribution in [0.25, 0.3) is 0 Å². The van der Waals surface area contributed by atoms with E-state index in [1.165, 1.54) is 12.3 Å². The van der Waals surface area contributed by atoms with Gasteiger partial charge in [-0.15, -0.1) is 0 Å². The van der Waals surface area contributed by atoms with Gasteiger partial charge in [-0.2, -0.15) is 0 Å². The van der Waals surface area contributed by atoms with Crippen LogP contribution in [0, 0.1) is 11.8 Å². The van der Waals surface area contributed by atoms with Gasteiger partial charge in [0, 0.05) is 23.1 Å². The Morgan fingerprint density at radius 2 is 1.60 bits per heavy atom. The number of nitrogens with one attached hydrogen (secondary N) is 1. The van der Waals surface area contributed by atoms with Gasteiger partial charge in [0.25, 0.3) is 5.91 Å². The number of para-hydroxylation sites is 2. The highest BCUT2D eigenvalue weighted by molar-refractivity contribution is 5.96. The second kappa shape index (κ2) is 9.75. The van der Waals surface area contributed by atoms with E-state index < -0.39 is 18.4 Å². The molecule has 30 heavy (non-hydrogen) atoms. The molecule has 0 fully saturated rings. The van der Waals surface area contributed by atoms with Crippen LogP contribution in [0.2, 0.25) is 0 Å². The lowest BCUT2D eigenvalue weighted by molar-refractivity contribution is -0.135. The van der Waals surface area contributed by atoms with Gasteiger partial charge >= 0.3 is 5.97 Å². The highest BCUT2D eigenvalue weighted by atomic mass is 16.4. The largest absolute Gasteiger partial charge is 0.505 e. The van der Waals surface area contributed by atoms with Gasteiger partial charge in [0.15, 0.2) is 5.69 Å². The number of pyridine rings is 1. The third-order valence-electron chi connectivity index (χ3n) is 4.09. The quantitative estimate of drug-likeness (QED) is 0.549. The van der Waals surface area contributed by atoms with E-state index in [0.717, 1.165) is 11.4 Å². The first-order chi connectivity index (χ1) is 14.5. The maximum absolute atomic E-state index is 11.9. The monoisotopic (exact) mass is 401 g/mol. The molecule has 0 aliphatic carbocycles. The van der Waals surface area contributed by atoms with Crippen LogP contribution < -0.4 is 10.2 Å². The molecule has 7 heteroatoms. The van der Waals surface area contributed by atoms with E-state index in [1.807, 2.05) is 65.6 Å². The number of rotatable bonds is 6. The summed E-state index contributed by atoms with van der Waals surface area (Å²) in [4.78, 5) is 28.3. The molecule has 0 spiro atoms. The molecule has 3 rings (SSSR count). The molecule has 3 N–H and O–H groups in total. The van der Waals surface area contributed by atoms with E-state index in [-0.39, 0.29) is 11.4 Å². The van der Waals surface area contributed by atoms with Crippen molar-refractivity contribution in [2.75, 3.05) is 18.0 Å². The fourth-order valence-corrected chi connectivity index (χ4v) is 2.70. The molecule has 0 saturated carbocycles. The predicted octanol–water partition coefficient (Wildman–Crippen LogP) is 2.79. The van der Waals surface area contributed by atoms with Crippen molar-refractivity contribution in [3.63, 3.8) is 0 Å². The minimum atomic E-state index is -1.19. The molecule has 0 bridgehead atoms. The van der Waals surface area contributed by atoms with Gasteiger partial charge in [-0.3, -0.25) is 9.59 Å². The topological polar surface area (TPSA) is 103 Å². The number of amides is 1. The Bertz CT molecular complexity index is 1050. The van der Waals surface area contributed by atoms with E-state index in [9.17, 15) is 14.7 Å². The zero-order valence-electron chi connectivity index (χ0n) is 15.9. The Morgan fingerprint density at radius 1 is 1.00 bits per heavy atom. The van der Waals surface area contributed by atoms with E-state index >= 15 is 0 Å². The molecule has 0 unspecified atom stereocenters. The van der Waals surface area contributed by atoms with Gasteiger partial charge in [0.1, 0.15) is 12.3 Å². The van der Waals surface area contributed by atoms with E-state index in [1.54, 1.807) is 0 Å². The molecule has 150 valence electrons. The lowest BCUT2D eigenvalue weighted by atomic mass is 10.2. The van der Waals surface area contributed by atoms with Crippen LogP contribution in [0.5, 0.6) is 5.75 Å². The zero-order valence-corrected chi connectivity index (χ0v) is 15.9. The summed E-state index contributed by atoms with van der Waals surface area (Å²) in [5, 5.41) is 20.8. The Morgan fingerprint density at radius 3 is 2.13 bits per heavy atom. The van der Waals surface area contributed by atoms with Crippen molar-refractivity contribution in [2.45, 2.75) is 0 Å². The minimum Gasteiger partial charge on any atom is -0.505 e. The van der Waals surface area contributed by atoms with Gasteiger partial charge in [-0.1, -0.05) is 48.2 Å². The van der Waals surface area contributed by atoms with Crippen LogP contribution in [0.15, 0.2) is 72.9 Å². The van der Waals surface area contributed by atoms with Crippen molar-refractivity contribution in [2.24, 2.45) is 0 Å². The molecule has 0 saturated heterocycles. The smallest absolute Gasteiger partial charge is 0.322 e. The van der Waals surface area contributed by atoms with Crippen LogP contribution in [0.3, 0.4) is 0 Å². The average Bonchev–Trinajstić information content (AvgIpc) is 2.76. The number of aromatic hydroxyl groups is 1. The number of carboxylic acids is 1. The van der Waals surface area contributed by atoms with Crippen molar-refractivity contribution in [3.05, 3.63) is 84.2 Å². The highest BCUT2D eigenvalue weighted by Crippen LogP contribution is 2.24. The van der Waals surface area contributed by atoms with Gasteiger partial charge < -0.3 is 20.4 Å². The van der Waals surface area contributed by atoms with E-state index in [2.05, 4.69) is 22.1 Å². The molecule has 3 aromatic rings.